The molecular formula is C10H14BrN3O. The molecule has 82 valence electrons. The quantitative estimate of drug-likeness (QED) is 0.673. The van der Waals surface area contributed by atoms with Crippen LogP contribution >= 0.6 is 15.9 Å². The standard InChI is InChI=1S/C10H14BrN3O/c1-7(5-12)15-14-8(2)10-4-3-9(11)6-13-10/h3-4,6-7H,5,12H2,1-2H3/b14-8+. The van der Waals surface area contributed by atoms with Gasteiger partial charge in [0, 0.05) is 17.2 Å². The molecule has 0 spiro atoms. The molecule has 1 aromatic rings. The smallest absolute Gasteiger partial charge is 0.136 e. The Morgan fingerprint density at radius 3 is 2.93 bits per heavy atom. The molecule has 0 fully saturated rings. The molecular weight excluding hydrogens is 258 g/mol. The van der Waals surface area contributed by atoms with Crippen molar-refractivity contribution >= 4 is 21.6 Å². The second-order valence-electron chi connectivity index (χ2n) is 3.19. The minimum atomic E-state index is -0.0737. The molecule has 0 aliphatic rings. The summed E-state index contributed by atoms with van der Waals surface area (Å²) in [5.74, 6) is 0. The van der Waals surface area contributed by atoms with Gasteiger partial charge in [-0.15, -0.1) is 0 Å². The third-order valence-corrected chi connectivity index (χ3v) is 2.27. The van der Waals surface area contributed by atoms with Gasteiger partial charge in [0.15, 0.2) is 0 Å². The van der Waals surface area contributed by atoms with Crippen molar-refractivity contribution in [3.63, 3.8) is 0 Å². The maximum absolute atomic E-state index is 5.40. The van der Waals surface area contributed by atoms with Crippen molar-refractivity contribution in [2.75, 3.05) is 6.54 Å². The van der Waals surface area contributed by atoms with Gasteiger partial charge in [-0.3, -0.25) is 4.98 Å². The number of halogens is 1. The molecule has 2 N–H and O–H groups in total. The molecule has 0 saturated heterocycles. The number of nitrogens with two attached hydrogens (primary N) is 1. The predicted octanol–water partition coefficient (Wildman–Crippen LogP) is 1.93. The van der Waals surface area contributed by atoms with Gasteiger partial charge in [0.2, 0.25) is 0 Å². The van der Waals surface area contributed by atoms with E-state index in [-0.39, 0.29) is 6.10 Å². The van der Waals surface area contributed by atoms with E-state index in [1.165, 1.54) is 0 Å². The van der Waals surface area contributed by atoms with E-state index in [4.69, 9.17) is 10.6 Å². The second kappa shape index (κ2) is 5.82. The van der Waals surface area contributed by atoms with E-state index in [1.807, 2.05) is 26.0 Å². The molecule has 0 radical (unpaired) electrons. The number of hydrogen-bond acceptors (Lipinski definition) is 4. The first-order valence-electron chi connectivity index (χ1n) is 4.66. The van der Waals surface area contributed by atoms with Gasteiger partial charge >= 0.3 is 0 Å². The zero-order valence-electron chi connectivity index (χ0n) is 8.77. The number of nitrogens with zero attached hydrogens (tertiary/aromatic N) is 2. The van der Waals surface area contributed by atoms with Gasteiger partial charge in [-0.25, -0.2) is 0 Å². The lowest BCUT2D eigenvalue weighted by Crippen LogP contribution is -2.18. The van der Waals surface area contributed by atoms with E-state index >= 15 is 0 Å². The van der Waals surface area contributed by atoms with Gasteiger partial charge in [0.1, 0.15) is 11.8 Å². The Morgan fingerprint density at radius 1 is 1.67 bits per heavy atom. The number of pyridine rings is 1. The molecule has 0 amide bonds. The molecule has 1 heterocycles. The lowest BCUT2D eigenvalue weighted by Gasteiger charge is -2.06. The Balaban J connectivity index is 2.67. The summed E-state index contributed by atoms with van der Waals surface area (Å²) in [6.45, 7) is 4.16. The lowest BCUT2D eigenvalue weighted by molar-refractivity contribution is 0.0786. The minimum absolute atomic E-state index is 0.0737. The molecule has 1 unspecified atom stereocenters. The van der Waals surface area contributed by atoms with Crippen molar-refractivity contribution in [2.24, 2.45) is 10.9 Å². The van der Waals surface area contributed by atoms with E-state index in [0.29, 0.717) is 6.54 Å². The van der Waals surface area contributed by atoms with Crippen molar-refractivity contribution in [3.8, 4) is 0 Å². The minimum Gasteiger partial charge on any atom is -0.391 e. The number of rotatable bonds is 4. The highest BCUT2D eigenvalue weighted by Crippen LogP contribution is 2.08. The van der Waals surface area contributed by atoms with Crippen LogP contribution in [0.2, 0.25) is 0 Å². The average molecular weight is 272 g/mol. The molecule has 4 nitrogen and oxygen atoms in total. The third-order valence-electron chi connectivity index (χ3n) is 1.80. The van der Waals surface area contributed by atoms with Gasteiger partial charge in [-0.1, -0.05) is 5.16 Å². The Morgan fingerprint density at radius 2 is 2.40 bits per heavy atom. The Bertz CT molecular complexity index is 337. The number of aromatic nitrogens is 1. The topological polar surface area (TPSA) is 60.5 Å². The molecule has 0 aliphatic heterocycles. The van der Waals surface area contributed by atoms with E-state index in [1.54, 1.807) is 6.20 Å². The van der Waals surface area contributed by atoms with Crippen molar-refractivity contribution in [1.29, 1.82) is 0 Å². The fourth-order valence-corrected chi connectivity index (χ4v) is 1.08. The summed E-state index contributed by atoms with van der Waals surface area (Å²) in [6, 6.07) is 3.78. The van der Waals surface area contributed by atoms with Crippen LogP contribution in [0.4, 0.5) is 0 Å². The highest BCUT2D eigenvalue weighted by molar-refractivity contribution is 9.10. The molecule has 0 aromatic carbocycles. The van der Waals surface area contributed by atoms with Crippen LogP contribution in [-0.2, 0) is 4.84 Å². The molecule has 1 atom stereocenters. The molecule has 15 heavy (non-hydrogen) atoms. The van der Waals surface area contributed by atoms with Crippen LogP contribution < -0.4 is 5.73 Å². The normalized spacial score (nSPS) is 13.7. The first kappa shape index (κ1) is 12.1. The van der Waals surface area contributed by atoms with Gasteiger partial charge in [0.05, 0.1) is 5.69 Å². The van der Waals surface area contributed by atoms with Gasteiger partial charge in [0.25, 0.3) is 0 Å². The Hall–Kier alpha value is -0.940. The largest absolute Gasteiger partial charge is 0.391 e. The highest BCUT2D eigenvalue weighted by atomic mass is 79.9. The molecule has 0 saturated carbocycles. The summed E-state index contributed by atoms with van der Waals surface area (Å²) in [5.41, 5.74) is 6.93. The first-order chi connectivity index (χ1) is 7.13. The maximum atomic E-state index is 5.40. The zero-order chi connectivity index (χ0) is 11.3. The predicted molar refractivity (Wildman–Crippen MR) is 63.7 cm³/mol. The van der Waals surface area contributed by atoms with Crippen LogP contribution in [0.1, 0.15) is 19.5 Å². The Kier molecular flexibility index (Phi) is 4.71. The van der Waals surface area contributed by atoms with Crippen LogP contribution in [0.25, 0.3) is 0 Å². The van der Waals surface area contributed by atoms with Crippen molar-refractivity contribution in [1.82, 2.24) is 4.98 Å². The fourth-order valence-electron chi connectivity index (χ4n) is 0.849. The van der Waals surface area contributed by atoms with Gasteiger partial charge in [-0.05, 0) is 41.9 Å². The number of hydrogen-bond donors (Lipinski definition) is 1. The SMILES string of the molecule is C/C(=N\OC(C)CN)c1ccc(Br)cn1. The molecule has 0 aliphatic carbocycles. The van der Waals surface area contributed by atoms with E-state index in [0.717, 1.165) is 15.9 Å². The lowest BCUT2D eigenvalue weighted by atomic mass is 10.3. The zero-order valence-corrected chi connectivity index (χ0v) is 10.4. The van der Waals surface area contributed by atoms with Gasteiger partial charge < -0.3 is 10.6 Å². The van der Waals surface area contributed by atoms with E-state index < -0.39 is 0 Å². The summed E-state index contributed by atoms with van der Waals surface area (Å²) >= 11 is 3.32. The van der Waals surface area contributed by atoms with Crippen molar-refractivity contribution in [2.45, 2.75) is 20.0 Å². The van der Waals surface area contributed by atoms with E-state index in [2.05, 4.69) is 26.1 Å². The summed E-state index contributed by atoms with van der Waals surface area (Å²) in [6.07, 6.45) is 1.65. The van der Waals surface area contributed by atoms with Crippen LogP contribution in [0.15, 0.2) is 28.0 Å². The summed E-state index contributed by atoms with van der Waals surface area (Å²) in [5, 5.41) is 3.95. The first-order valence-corrected chi connectivity index (χ1v) is 5.45. The third kappa shape index (κ3) is 3.97. The summed E-state index contributed by atoms with van der Waals surface area (Å²) in [7, 11) is 0. The number of oxime groups is 1. The molecule has 1 rings (SSSR count). The highest BCUT2D eigenvalue weighted by Gasteiger charge is 2.01. The second-order valence-corrected chi connectivity index (χ2v) is 4.11. The van der Waals surface area contributed by atoms with Crippen LogP contribution in [0.3, 0.4) is 0 Å². The monoisotopic (exact) mass is 271 g/mol. The summed E-state index contributed by atoms with van der Waals surface area (Å²) in [4.78, 5) is 9.34. The van der Waals surface area contributed by atoms with Crippen LogP contribution in [0, 0.1) is 0 Å². The van der Waals surface area contributed by atoms with Crippen molar-refractivity contribution < 1.29 is 4.84 Å². The van der Waals surface area contributed by atoms with E-state index in [9.17, 15) is 0 Å². The van der Waals surface area contributed by atoms with Crippen molar-refractivity contribution in [3.05, 3.63) is 28.5 Å². The fraction of sp³-hybridized carbons (Fsp3) is 0.400. The molecule has 0 bridgehead atoms. The molecule has 1 aromatic heterocycles. The Labute approximate surface area is 97.6 Å². The molecule has 5 heteroatoms. The van der Waals surface area contributed by atoms with Crippen LogP contribution in [0.5, 0.6) is 0 Å². The van der Waals surface area contributed by atoms with Gasteiger partial charge in [-0.2, -0.15) is 0 Å². The maximum Gasteiger partial charge on any atom is 0.136 e. The summed E-state index contributed by atoms with van der Waals surface area (Å²) < 4.78 is 0.940. The van der Waals surface area contributed by atoms with Crippen LogP contribution in [-0.4, -0.2) is 23.3 Å². The average Bonchev–Trinajstić information content (AvgIpc) is 2.26.